The van der Waals surface area contributed by atoms with E-state index in [0.717, 1.165) is 36.1 Å². The highest BCUT2D eigenvalue weighted by Gasteiger charge is 2.52. The van der Waals surface area contributed by atoms with E-state index in [9.17, 15) is 9.90 Å². The molecule has 7 heteroatoms. The third-order valence-electron chi connectivity index (χ3n) is 5.76. The zero-order chi connectivity index (χ0) is 18.3. The number of carbonyl (C=O) groups is 1. The zero-order valence-electron chi connectivity index (χ0n) is 14.4. The molecule has 2 aromatic rings. The molecule has 1 amide bonds. The number of hydrogen-bond donors (Lipinski definition) is 2. The van der Waals surface area contributed by atoms with E-state index in [0.29, 0.717) is 23.8 Å². The van der Waals surface area contributed by atoms with Crippen LogP contribution in [0.25, 0.3) is 0 Å². The molecule has 0 saturated heterocycles. The second-order valence-corrected chi connectivity index (χ2v) is 7.48. The van der Waals surface area contributed by atoms with Crippen LogP contribution in [0.2, 0.25) is 5.02 Å². The third kappa shape index (κ3) is 2.64. The van der Waals surface area contributed by atoms with Crippen LogP contribution in [0, 0.1) is 0 Å². The van der Waals surface area contributed by atoms with Crippen LogP contribution in [0.4, 0.5) is 4.79 Å². The van der Waals surface area contributed by atoms with Crippen molar-refractivity contribution in [3.63, 3.8) is 0 Å². The Labute approximate surface area is 157 Å². The Balaban J connectivity index is 1.88. The molecule has 1 aromatic heterocycles. The molecule has 1 aromatic carbocycles. The van der Waals surface area contributed by atoms with Crippen molar-refractivity contribution in [1.29, 1.82) is 0 Å². The second-order valence-electron chi connectivity index (χ2n) is 7.05. The van der Waals surface area contributed by atoms with E-state index in [4.69, 9.17) is 17.3 Å². The number of hydrogen-bond acceptors (Lipinski definition) is 4. The van der Waals surface area contributed by atoms with Gasteiger partial charge in [0.15, 0.2) is 0 Å². The molecule has 0 bridgehead atoms. The van der Waals surface area contributed by atoms with E-state index >= 15 is 0 Å². The van der Waals surface area contributed by atoms with Gasteiger partial charge in [-0.25, -0.2) is 14.8 Å². The number of nitrogens with two attached hydrogens (primary N) is 1. The Kier molecular flexibility index (Phi) is 4.32. The Morgan fingerprint density at radius 2 is 2.08 bits per heavy atom. The van der Waals surface area contributed by atoms with Gasteiger partial charge in [-0.15, -0.1) is 0 Å². The van der Waals surface area contributed by atoms with Crippen molar-refractivity contribution in [1.82, 2.24) is 14.9 Å². The third-order valence-corrected chi connectivity index (χ3v) is 6.01. The summed E-state index contributed by atoms with van der Waals surface area (Å²) in [6.07, 6.45) is 4.44. The summed E-state index contributed by atoms with van der Waals surface area (Å²) in [6, 6.07) is 7.45. The first-order valence-corrected chi connectivity index (χ1v) is 9.23. The van der Waals surface area contributed by atoms with Gasteiger partial charge in [-0.2, -0.15) is 0 Å². The van der Waals surface area contributed by atoms with Gasteiger partial charge in [0.1, 0.15) is 5.82 Å². The maximum Gasteiger partial charge on any atom is 0.407 e. The second kappa shape index (κ2) is 6.52. The van der Waals surface area contributed by atoms with Crippen molar-refractivity contribution < 1.29 is 9.90 Å². The van der Waals surface area contributed by atoms with Gasteiger partial charge < -0.3 is 10.8 Å². The molecule has 0 spiro atoms. The summed E-state index contributed by atoms with van der Waals surface area (Å²) in [5.74, 6) is 0.548. The number of halogens is 1. The lowest BCUT2D eigenvalue weighted by Crippen LogP contribution is -2.53. The molecule has 1 aliphatic heterocycles. The monoisotopic (exact) mass is 372 g/mol. The molecule has 3 N–H and O–H groups in total. The topological polar surface area (TPSA) is 92.3 Å². The lowest BCUT2D eigenvalue weighted by Gasteiger charge is -2.52. The molecular weight excluding hydrogens is 352 g/mol. The van der Waals surface area contributed by atoms with Gasteiger partial charge in [0, 0.05) is 23.2 Å². The van der Waals surface area contributed by atoms with Gasteiger partial charge in [0.25, 0.3) is 0 Å². The summed E-state index contributed by atoms with van der Waals surface area (Å²) in [6.45, 7) is 0.689. The van der Waals surface area contributed by atoms with Gasteiger partial charge in [0.05, 0.1) is 18.3 Å². The van der Waals surface area contributed by atoms with Crippen molar-refractivity contribution >= 4 is 17.7 Å². The van der Waals surface area contributed by atoms with Crippen LogP contribution in [0.1, 0.15) is 47.9 Å². The van der Waals surface area contributed by atoms with E-state index in [1.807, 2.05) is 30.5 Å². The first kappa shape index (κ1) is 17.2. The normalized spacial score (nSPS) is 21.0. The molecule has 1 fully saturated rings. The van der Waals surface area contributed by atoms with Crippen LogP contribution in [-0.2, 0) is 18.4 Å². The first-order chi connectivity index (χ1) is 12.5. The van der Waals surface area contributed by atoms with Crippen molar-refractivity contribution in [2.75, 3.05) is 6.54 Å². The number of nitrogens with zero attached hydrogens (tertiary/aromatic N) is 3. The zero-order valence-corrected chi connectivity index (χ0v) is 15.1. The molecular formula is C19H21ClN4O2. The van der Waals surface area contributed by atoms with Gasteiger partial charge >= 0.3 is 6.09 Å². The largest absolute Gasteiger partial charge is 0.465 e. The van der Waals surface area contributed by atoms with E-state index in [2.05, 4.69) is 9.97 Å². The molecule has 1 aliphatic carbocycles. The summed E-state index contributed by atoms with van der Waals surface area (Å²) in [4.78, 5) is 22.6. The van der Waals surface area contributed by atoms with Crippen LogP contribution in [0.15, 0.2) is 30.5 Å². The van der Waals surface area contributed by atoms with Gasteiger partial charge in [-0.3, -0.25) is 4.90 Å². The minimum Gasteiger partial charge on any atom is -0.465 e. The van der Waals surface area contributed by atoms with E-state index < -0.39 is 6.09 Å². The predicted molar refractivity (Wildman–Crippen MR) is 98.1 cm³/mol. The Hall–Kier alpha value is -2.18. The maximum absolute atomic E-state index is 12.0. The first-order valence-electron chi connectivity index (χ1n) is 8.85. The number of carboxylic acid groups (broad SMARTS) is 1. The standard InChI is InChI=1S/C19H21ClN4O2/c20-14-4-2-13(3-5-14)19(7-1-8-19)17-16-12(6-9-24(17)18(25)26)11-22-15(10-21)23-16/h2-5,11,17H,1,6-10,21H2,(H,25,26). The SMILES string of the molecule is NCc1ncc2c(n1)C(C1(c3ccc(Cl)cc3)CCC1)N(C(=O)O)CC2. The maximum atomic E-state index is 12.0. The minimum absolute atomic E-state index is 0.237. The summed E-state index contributed by atoms with van der Waals surface area (Å²) in [7, 11) is 0. The van der Waals surface area contributed by atoms with Crippen molar-refractivity contribution in [2.24, 2.45) is 5.73 Å². The number of rotatable bonds is 3. The van der Waals surface area contributed by atoms with Crippen LogP contribution in [0.5, 0.6) is 0 Å². The highest BCUT2D eigenvalue weighted by molar-refractivity contribution is 6.30. The van der Waals surface area contributed by atoms with Gasteiger partial charge in [0.2, 0.25) is 0 Å². The van der Waals surface area contributed by atoms with Crippen LogP contribution >= 0.6 is 11.6 Å². The molecule has 1 saturated carbocycles. The van der Waals surface area contributed by atoms with Crippen molar-refractivity contribution in [3.8, 4) is 0 Å². The minimum atomic E-state index is -0.909. The Morgan fingerprint density at radius 1 is 1.35 bits per heavy atom. The quantitative estimate of drug-likeness (QED) is 0.862. The fraction of sp³-hybridized carbons (Fsp3) is 0.421. The summed E-state index contributed by atoms with van der Waals surface area (Å²) < 4.78 is 0. The molecule has 1 atom stereocenters. The molecule has 4 rings (SSSR count). The van der Waals surface area contributed by atoms with Crippen LogP contribution in [-0.4, -0.2) is 32.6 Å². The summed E-state index contributed by atoms with van der Waals surface area (Å²) in [5.41, 5.74) is 8.40. The Morgan fingerprint density at radius 3 is 2.65 bits per heavy atom. The smallest absolute Gasteiger partial charge is 0.407 e. The summed E-state index contributed by atoms with van der Waals surface area (Å²) in [5, 5.41) is 10.5. The van der Waals surface area contributed by atoms with Crippen LogP contribution in [0.3, 0.4) is 0 Å². The summed E-state index contributed by atoms with van der Waals surface area (Å²) >= 11 is 6.07. The molecule has 6 nitrogen and oxygen atoms in total. The van der Waals surface area contributed by atoms with Crippen LogP contribution < -0.4 is 5.73 Å². The molecule has 2 heterocycles. The number of fused-ring (bicyclic) bond motifs is 1. The fourth-order valence-electron chi connectivity index (χ4n) is 4.33. The molecule has 2 aliphatic rings. The average molecular weight is 373 g/mol. The number of benzene rings is 1. The van der Waals surface area contributed by atoms with Gasteiger partial charge in [-0.1, -0.05) is 30.2 Å². The molecule has 0 radical (unpaired) electrons. The molecule has 1 unspecified atom stereocenters. The predicted octanol–water partition coefficient (Wildman–Crippen LogP) is 3.29. The number of amides is 1. The molecule has 26 heavy (non-hydrogen) atoms. The lowest BCUT2D eigenvalue weighted by molar-refractivity contribution is 0.0486. The molecule has 136 valence electrons. The highest BCUT2D eigenvalue weighted by Crippen LogP contribution is 2.55. The van der Waals surface area contributed by atoms with E-state index in [-0.39, 0.29) is 18.0 Å². The fourth-order valence-corrected chi connectivity index (χ4v) is 4.46. The average Bonchev–Trinajstić information content (AvgIpc) is 2.61. The van der Waals surface area contributed by atoms with E-state index in [1.165, 1.54) is 0 Å². The van der Waals surface area contributed by atoms with E-state index in [1.54, 1.807) is 4.90 Å². The van der Waals surface area contributed by atoms with Gasteiger partial charge in [-0.05, 0) is 42.5 Å². The number of aromatic nitrogens is 2. The Bertz CT molecular complexity index is 836. The lowest BCUT2D eigenvalue weighted by atomic mass is 9.58. The van der Waals surface area contributed by atoms with Crippen molar-refractivity contribution in [3.05, 3.63) is 58.1 Å². The van der Waals surface area contributed by atoms with Crippen molar-refractivity contribution in [2.45, 2.75) is 43.7 Å². The highest BCUT2D eigenvalue weighted by atomic mass is 35.5.